The molecule has 1 aromatic heterocycles. The number of aliphatic carboxylic acids is 1. The zero-order valence-electron chi connectivity index (χ0n) is 22.4. The number of aromatic nitrogens is 1. The Labute approximate surface area is 223 Å². The Morgan fingerprint density at radius 2 is 1.92 bits per heavy atom. The Hall–Kier alpha value is -3.87. The summed E-state index contributed by atoms with van der Waals surface area (Å²) in [6.07, 6.45) is 4.32. The first kappa shape index (κ1) is 25.8. The van der Waals surface area contributed by atoms with E-state index < -0.39 is 5.97 Å². The van der Waals surface area contributed by atoms with Crippen LogP contribution < -0.4 is 9.47 Å². The van der Waals surface area contributed by atoms with E-state index in [4.69, 9.17) is 14.3 Å². The van der Waals surface area contributed by atoms with Gasteiger partial charge in [0.2, 0.25) is 5.88 Å². The number of carboxylic acids is 1. The van der Waals surface area contributed by atoms with Gasteiger partial charge in [0.15, 0.2) is 0 Å². The quantitative estimate of drug-likeness (QED) is 0.189. The van der Waals surface area contributed by atoms with Gasteiger partial charge in [-0.1, -0.05) is 23.4 Å². The van der Waals surface area contributed by atoms with E-state index in [0.717, 1.165) is 58.5 Å². The number of pyridine rings is 1. The molecule has 2 aromatic carbocycles. The van der Waals surface area contributed by atoms with Crippen molar-refractivity contribution >= 4 is 11.7 Å². The molecule has 0 unspecified atom stereocenters. The van der Waals surface area contributed by atoms with E-state index in [9.17, 15) is 9.90 Å². The molecule has 3 aromatic rings. The van der Waals surface area contributed by atoms with Crippen molar-refractivity contribution in [3.63, 3.8) is 0 Å². The molecule has 0 saturated heterocycles. The van der Waals surface area contributed by atoms with Crippen LogP contribution in [-0.4, -0.2) is 35.5 Å². The molecule has 7 nitrogen and oxygen atoms in total. The van der Waals surface area contributed by atoms with E-state index in [2.05, 4.69) is 60.4 Å². The fraction of sp³-hybridized carbons (Fsp3) is 0.387. The zero-order valence-corrected chi connectivity index (χ0v) is 22.4. The Morgan fingerprint density at radius 1 is 1.13 bits per heavy atom. The van der Waals surface area contributed by atoms with Crippen LogP contribution in [0.15, 0.2) is 53.8 Å². The van der Waals surface area contributed by atoms with Crippen molar-refractivity contribution in [1.29, 1.82) is 0 Å². The van der Waals surface area contributed by atoms with Crippen LogP contribution in [0.5, 0.6) is 11.6 Å². The van der Waals surface area contributed by atoms with Crippen molar-refractivity contribution in [3.8, 4) is 22.8 Å². The standard InChI is InChI=1S/C31H34N2O5/c1-18-11-24(37-10-6-7-20(3)33-36-4)12-19(2)28(18)22-9-5-8-21(13-22)17-38-27-15-23-14-25-29(26(23)16-32-27)30(25)31(34)35/h5,8-9,11-13,15-16,25,29-30H,6-7,10,14,17H2,1-4H3,(H,34,35)/b33-20+/t25-,29-,30+/m1/s1. The monoisotopic (exact) mass is 514 g/mol. The molecule has 1 saturated carbocycles. The highest BCUT2D eigenvalue weighted by atomic mass is 16.6. The first-order valence-electron chi connectivity index (χ1n) is 13.1. The number of aryl methyl sites for hydroxylation is 2. The van der Waals surface area contributed by atoms with Crippen LogP contribution in [0.2, 0.25) is 0 Å². The lowest BCUT2D eigenvalue weighted by Gasteiger charge is -2.15. The average Bonchev–Trinajstić information content (AvgIpc) is 3.48. The summed E-state index contributed by atoms with van der Waals surface area (Å²) in [5, 5.41) is 13.3. The summed E-state index contributed by atoms with van der Waals surface area (Å²) in [7, 11) is 1.56. The first-order chi connectivity index (χ1) is 18.4. The Morgan fingerprint density at radius 3 is 2.66 bits per heavy atom. The van der Waals surface area contributed by atoms with Crippen molar-refractivity contribution in [2.75, 3.05) is 13.7 Å². The van der Waals surface area contributed by atoms with Crippen LogP contribution in [0.25, 0.3) is 11.1 Å². The highest BCUT2D eigenvalue weighted by Gasteiger charge is 2.59. The molecule has 1 fully saturated rings. The fourth-order valence-electron chi connectivity index (χ4n) is 5.84. The molecule has 3 atom stereocenters. The van der Waals surface area contributed by atoms with Crippen molar-refractivity contribution in [2.24, 2.45) is 17.0 Å². The highest BCUT2D eigenvalue weighted by molar-refractivity contribution is 5.81. The van der Waals surface area contributed by atoms with Crippen molar-refractivity contribution in [2.45, 2.75) is 52.6 Å². The SMILES string of the molecule is CO/N=C(\C)CCCOc1cc(C)c(-c2cccc(COc3cc4c(cn3)[C@H]3[C@@H](C4)[C@@H]3C(=O)O)c2)c(C)c1. The van der Waals surface area contributed by atoms with Gasteiger partial charge in [-0.3, -0.25) is 4.79 Å². The maximum Gasteiger partial charge on any atom is 0.307 e. The van der Waals surface area contributed by atoms with Crippen LogP contribution >= 0.6 is 0 Å². The maximum atomic E-state index is 11.3. The summed E-state index contributed by atoms with van der Waals surface area (Å²) in [5.74, 6) is 0.872. The minimum atomic E-state index is -0.697. The largest absolute Gasteiger partial charge is 0.494 e. The molecule has 2 aliphatic carbocycles. The third-order valence-corrected chi connectivity index (χ3v) is 7.58. The van der Waals surface area contributed by atoms with Gasteiger partial charge in [-0.15, -0.1) is 0 Å². The number of rotatable bonds is 11. The van der Waals surface area contributed by atoms with E-state index >= 15 is 0 Å². The molecule has 2 aliphatic rings. The van der Waals surface area contributed by atoms with E-state index in [1.54, 1.807) is 13.3 Å². The summed E-state index contributed by atoms with van der Waals surface area (Å²) < 4.78 is 12.0. The Balaban J connectivity index is 1.21. The number of ether oxygens (including phenoxy) is 2. The van der Waals surface area contributed by atoms with Crippen LogP contribution in [0.1, 0.15) is 53.5 Å². The van der Waals surface area contributed by atoms with Gasteiger partial charge < -0.3 is 19.4 Å². The number of carboxylic acid groups (broad SMARTS) is 1. The number of oxime groups is 1. The van der Waals surface area contributed by atoms with Crippen LogP contribution in [0, 0.1) is 25.7 Å². The Kier molecular flexibility index (Phi) is 7.36. The molecular weight excluding hydrogens is 480 g/mol. The van der Waals surface area contributed by atoms with Gasteiger partial charge >= 0.3 is 5.97 Å². The predicted octanol–water partition coefficient (Wildman–Crippen LogP) is 6.10. The van der Waals surface area contributed by atoms with Gasteiger partial charge in [0.1, 0.15) is 19.5 Å². The van der Waals surface area contributed by atoms with Crippen LogP contribution in [-0.2, 0) is 22.7 Å². The maximum absolute atomic E-state index is 11.3. The number of hydrogen-bond acceptors (Lipinski definition) is 6. The van der Waals surface area contributed by atoms with Crippen molar-refractivity contribution in [3.05, 3.63) is 76.5 Å². The summed E-state index contributed by atoms with van der Waals surface area (Å²) in [6, 6.07) is 14.6. The molecule has 198 valence electrons. The number of benzene rings is 2. The van der Waals surface area contributed by atoms with Crippen LogP contribution in [0.3, 0.4) is 0 Å². The first-order valence-corrected chi connectivity index (χ1v) is 13.1. The minimum Gasteiger partial charge on any atom is -0.494 e. The second kappa shape index (κ2) is 10.9. The highest BCUT2D eigenvalue weighted by Crippen LogP contribution is 2.61. The lowest BCUT2D eigenvalue weighted by molar-refractivity contribution is -0.139. The smallest absolute Gasteiger partial charge is 0.307 e. The summed E-state index contributed by atoms with van der Waals surface area (Å²) in [4.78, 5) is 20.6. The van der Waals surface area contributed by atoms with Gasteiger partial charge in [0.05, 0.1) is 18.2 Å². The summed E-state index contributed by atoms with van der Waals surface area (Å²) >= 11 is 0. The predicted molar refractivity (Wildman–Crippen MR) is 146 cm³/mol. The van der Waals surface area contributed by atoms with Gasteiger partial charge in [0, 0.05) is 18.2 Å². The van der Waals surface area contributed by atoms with E-state index in [1.165, 1.54) is 11.1 Å². The zero-order chi connectivity index (χ0) is 26.8. The third kappa shape index (κ3) is 5.37. The van der Waals surface area contributed by atoms with E-state index in [1.807, 2.05) is 13.0 Å². The van der Waals surface area contributed by atoms with Gasteiger partial charge in [-0.2, -0.15) is 0 Å². The molecule has 1 heterocycles. The molecule has 0 bridgehead atoms. The van der Waals surface area contributed by atoms with E-state index in [-0.39, 0.29) is 17.8 Å². The second-order valence-electron chi connectivity index (χ2n) is 10.4. The molecular formula is C31H34N2O5. The lowest BCUT2D eigenvalue weighted by atomic mass is 9.94. The summed E-state index contributed by atoms with van der Waals surface area (Å²) in [6.45, 7) is 7.21. The van der Waals surface area contributed by atoms with Gasteiger partial charge in [-0.05, 0) is 103 Å². The molecule has 0 amide bonds. The normalized spacial score (nSPS) is 19.5. The minimum absolute atomic E-state index is 0.128. The topological polar surface area (TPSA) is 90.2 Å². The lowest BCUT2D eigenvalue weighted by Crippen LogP contribution is -2.06. The van der Waals surface area contributed by atoms with Gasteiger partial charge in [0.25, 0.3) is 0 Å². The third-order valence-electron chi connectivity index (χ3n) is 7.58. The second-order valence-corrected chi connectivity index (χ2v) is 10.4. The molecule has 7 heteroatoms. The molecule has 5 rings (SSSR count). The van der Waals surface area contributed by atoms with Gasteiger partial charge in [-0.25, -0.2) is 4.98 Å². The summed E-state index contributed by atoms with van der Waals surface area (Å²) in [5.41, 5.74) is 8.92. The number of carbonyl (C=O) groups is 1. The number of fused-ring (bicyclic) bond motifs is 3. The molecule has 0 aliphatic heterocycles. The molecule has 1 N–H and O–H groups in total. The molecule has 0 radical (unpaired) electrons. The molecule has 38 heavy (non-hydrogen) atoms. The number of hydrogen-bond donors (Lipinski definition) is 1. The fourth-order valence-corrected chi connectivity index (χ4v) is 5.84. The number of nitrogens with zero attached hydrogens (tertiary/aromatic N) is 2. The molecule has 0 spiro atoms. The van der Waals surface area contributed by atoms with Crippen molar-refractivity contribution < 1.29 is 24.2 Å². The van der Waals surface area contributed by atoms with Crippen LogP contribution in [0.4, 0.5) is 0 Å². The Bertz CT molecular complexity index is 1360. The van der Waals surface area contributed by atoms with Crippen molar-refractivity contribution in [1.82, 2.24) is 4.98 Å². The average molecular weight is 515 g/mol. The van der Waals surface area contributed by atoms with E-state index in [0.29, 0.717) is 19.1 Å².